The van der Waals surface area contributed by atoms with Crippen molar-refractivity contribution in [2.24, 2.45) is 0 Å². The van der Waals surface area contributed by atoms with Crippen molar-refractivity contribution >= 4 is 16.5 Å². The average Bonchev–Trinajstić information content (AvgIpc) is 1.85. The first-order chi connectivity index (χ1) is 5.40. The molecule has 0 bridgehead atoms. The van der Waals surface area contributed by atoms with E-state index in [0.717, 1.165) is 5.57 Å². The second-order valence-corrected chi connectivity index (χ2v) is 3.19. The molecule has 9 heteroatoms. The Labute approximate surface area is 90.3 Å². The van der Waals surface area contributed by atoms with E-state index in [4.69, 9.17) is 5.11 Å². The molecule has 0 aromatic heterocycles. The fourth-order valence-electron chi connectivity index (χ4n) is 0.0544. The first kappa shape index (κ1) is 19.1. The van der Waals surface area contributed by atoms with Crippen molar-refractivity contribution in [1.82, 2.24) is 0 Å². The van der Waals surface area contributed by atoms with Crippen molar-refractivity contribution in [2.75, 3.05) is 6.61 Å². The van der Waals surface area contributed by atoms with Gasteiger partial charge < -0.3 is 14.9 Å². The van der Waals surface area contributed by atoms with E-state index in [9.17, 15) is 18.9 Å². The maximum atomic E-state index is 9.24. The average molecular weight is 279 g/mol. The summed E-state index contributed by atoms with van der Waals surface area (Å²) in [5.41, 5.74) is 0.810. The quantitative estimate of drug-likeness (QED) is 0.427. The van der Waals surface area contributed by atoms with Crippen molar-refractivity contribution in [3.8, 4) is 0 Å². The van der Waals surface area contributed by atoms with Gasteiger partial charge in [0, 0.05) is 0 Å². The van der Waals surface area contributed by atoms with Gasteiger partial charge in [0.05, 0.1) is 6.61 Å². The molecule has 0 rings (SSSR count). The summed E-state index contributed by atoms with van der Waals surface area (Å²) in [6.07, 6.45) is 0. The zero-order valence-electron chi connectivity index (χ0n) is 7.00. The van der Waals surface area contributed by atoms with Crippen LogP contribution in [0, 0.1) is 0 Å². The molecule has 0 aliphatic heterocycles. The maximum Gasteiger partial charge on any atom is 2.00 e. The van der Waals surface area contributed by atoms with E-state index in [1.807, 2.05) is 0 Å². The van der Waals surface area contributed by atoms with Crippen LogP contribution >= 0.6 is 16.5 Å². The van der Waals surface area contributed by atoms with Crippen LogP contribution in [0.4, 0.5) is 0 Å². The van der Waals surface area contributed by atoms with Gasteiger partial charge in [-0.1, -0.05) is 12.2 Å². The standard InChI is InChI=1S/C4H8O.O5P2.Zn/c1-4(2)3-5;1-6(2)5-7(3)4;/h5H,1,3H2,2H3;;/q;;+2. The Kier molecular flexibility index (Phi) is 18.2. The molecule has 2 atom stereocenters. The Bertz CT molecular complexity index is 171. The fourth-order valence-corrected chi connectivity index (χ4v) is 0.490. The van der Waals surface area contributed by atoms with Gasteiger partial charge in [0.25, 0.3) is 0 Å². The van der Waals surface area contributed by atoms with Gasteiger partial charge in [0.15, 0.2) is 0 Å². The SMILES string of the molecule is C=C(C)CO.O=[P+]([O-])O[P+](=O)[O-].[Zn+2]. The molecular weight excluding hydrogens is 271 g/mol. The molecule has 0 saturated carbocycles. The molecule has 0 radical (unpaired) electrons. The second-order valence-electron chi connectivity index (χ2n) is 1.64. The van der Waals surface area contributed by atoms with E-state index in [2.05, 4.69) is 10.9 Å². The molecule has 0 aromatic rings. The zero-order chi connectivity index (χ0) is 10.1. The predicted octanol–water partition coefficient (Wildman–Crippen LogP) is -0.409. The summed E-state index contributed by atoms with van der Waals surface area (Å²) in [7, 11) is -6.47. The third-order valence-electron chi connectivity index (χ3n) is 0.403. The van der Waals surface area contributed by atoms with Crippen molar-refractivity contribution in [3.05, 3.63) is 12.2 Å². The van der Waals surface area contributed by atoms with Gasteiger partial charge in [0.1, 0.15) is 4.31 Å². The molecule has 0 amide bonds. The number of aliphatic hydroxyl groups excluding tert-OH is 1. The molecular formula is C4H8O6P2Zn+2. The van der Waals surface area contributed by atoms with Crippen LogP contribution in [0.3, 0.4) is 0 Å². The molecule has 0 spiro atoms. The van der Waals surface area contributed by atoms with Gasteiger partial charge in [-0.05, 0) is 16.1 Å². The zero-order valence-corrected chi connectivity index (χ0v) is 11.8. The van der Waals surface area contributed by atoms with E-state index >= 15 is 0 Å². The fraction of sp³-hybridized carbons (Fsp3) is 0.500. The number of aliphatic hydroxyl groups is 1. The summed E-state index contributed by atoms with van der Waals surface area (Å²) in [5, 5.41) is 8.04. The summed E-state index contributed by atoms with van der Waals surface area (Å²) in [6.45, 7) is 5.31. The van der Waals surface area contributed by atoms with E-state index in [1.54, 1.807) is 6.92 Å². The Morgan fingerprint density at radius 3 is 1.69 bits per heavy atom. The maximum absolute atomic E-state index is 9.24. The van der Waals surface area contributed by atoms with Gasteiger partial charge in [0.2, 0.25) is 0 Å². The largest absolute Gasteiger partial charge is 2.00 e. The third-order valence-corrected chi connectivity index (χ3v) is 1.47. The molecule has 0 aliphatic rings. The number of hydrogen-bond acceptors (Lipinski definition) is 6. The number of rotatable bonds is 3. The van der Waals surface area contributed by atoms with Crippen molar-refractivity contribution in [1.29, 1.82) is 0 Å². The summed E-state index contributed by atoms with van der Waals surface area (Å²) in [5.74, 6) is 0. The molecule has 70 valence electrons. The first-order valence-electron chi connectivity index (χ1n) is 2.62. The predicted molar refractivity (Wildman–Crippen MR) is 38.2 cm³/mol. The summed E-state index contributed by atoms with van der Waals surface area (Å²) < 4.78 is 21.6. The van der Waals surface area contributed by atoms with Crippen molar-refractivity contribution in [3.63, 3.8) is 0 Å². The van der Waals surface area contributed by atoms with E-state index in [-0.39, 0.29) is 26.1 Å². The van der Waals surface area contributed by atoms with Crippen LogP contribution in [0.25, 0.3) is 0 Å². The van der Waals surface area contributed by atoms with Crippen LogP contribution in [-0.4, -0.2) is 11.7 Å². The Hall–Kier alpha value is 0.403. The van der Waals surface area contributed by atoms with Crippen molar-refractivity contribution in [2.45, 2.75) is 6.92 Å². The molecule has 0 heterocycles. The Morgan fingerprint density at radius 2 is 1.69 bits per heavy atom. The summed E-state index contributed by atoms with van der Waals surface area (Å²) in [4.78, 5) is 18.5. The van der Waals surface area contributed by atoms with E-state index in [1.165, 1.54) is 0 Å². The van der Waals surface area contributed by atoms with Gasteiger partial charge in [-0.25, -0.2) is 0 Å². The first-order valence-corrected chi connectivity index (χ1v) is 4.81. The minimum atomic E-state index is -3.24. The van der Waals surface area contributed by atoms with E-state index < -0.39 is 16.5 Å². The van der Waals surface area contributed by atoms with Gasteiger partial charge >= 0.3 is 36.0 Å². The molecule has 2 unspecified atom stereocenters. The molecule has 0 saturated heterocycles. The van der Waals surface area contributed by atoms with Crippen LogP contribution in [0.1, 0.15) is 6.92 Å². The van der Waals surface area contributed by atoms with Crippen LogP contribution in [0.2, 0.25) is 0 Å². The smallest absolute Gasteiger partial charge is 0.563 e. The van der Waals surface area contributed by atoms with Gasteiger partial charge in [-0.15, -0.1) is 0 Å². The minimum absolute atomic E-state index is 0. The summed E-state index contributed by atoms with van der Waals surface area (Å²) in [6, 6.07) is 0. The number of hydrogen-bond donors (Lipinski definition) is 1. The van der Waals surface area contributed by atoms with Crippen LogP contribution in [0.15, 0.2) is 12.2 Å². The second kappa shape index (κ2) is 12.4. The summed E-state index contributed by atoms with van der Waals surface area (Å²) >= 11 is 0. The molecule has 1 N–H and O–H groups in total. The van der Waals surface area contributed by atoms with E-state index in [0.29, 0.717) is 0 Å². The normalized spacial score (nSPS) is 10.2. The minimum Gasteiger partial charge on any atom is -0.563 e. The van der Waals surface area contributed by atoms with Crippen LogP contribution < -0.4 is 9.79 Å². The molecule has 13 heavy (non-hydrogen) atoms. The Balaban J connectivity index is -0.000000150. The van der Waals surface area contributed by atoms with Gasteiger partial charge in [-0.3, -0.25) is 0 Å². The van der Waals surface area contributed by atoms with Crippen molar-refractivity contribution < 1.29 is 47.8 Å². The topological polar surface area (TPSA) is 110 Å². The molecule has 0 aliphatic carbocycles. The third kappa shape index (κ3) is 32.7. The molecule has 0 aromatic carbocycles. The van der Waals surface area contributed by atoms with Gasteiger partial charge in [-0.2, -0.15) is 0 Å². The molecule has 6 nitrogen and oxygen atoms in total. The molecule has 0 fully saturated rings. The monoisotopic (exact) mass is 278 g/mol. The Morgan fingerprint density at radius 1 is 1.46 bits per heavy atom. The van der Waals surface area contributed by atoms with Crippen LogP contribution in [-0.2, 0) is 32.9 Å². The van der Waals surface area contributed by atoms with Crippen LogP contribution in [0.5, 0.6) is 0 Å².